The Morgan fingerprint density at radius 1 is 1.31 bits per heavy atom. The molecule has 1 heterocycles. The summed E-state index contributed by atoms with van der Waals surface area (Å²) in [6.45, 7) is 0. The van der Waals surface area contributed by atoms with E-state index in [1.165, 1.54) is 37.7 Å². The summed E-state index contributed by atoms with van der Waals surface area (Å²) in [5, 5.41) is 0. The van der Waals surface area contributed by atoms with Crippen LogP contribution < -0.4 is 5.73 Å². The smallest absolute Gasteiger partial charge is 0.0934 e. The first-order valence-corrected chi connectivity index (χ1v) is 5.11. The van der Waals surface area contributed by atoms with Gasteiger partial charge in [0.15, 0.2) is 0 Å². The minimum absolute atomic E-state index is 0.459. The lowest BCUT2D eigenvalue weighted by Crippen LogP contribution is -2.27. The van der Waals surface area contributed by atoms with Gasteiger partial charge in [0.25, 0.3) is 0 Å². The van der Waals surface area contributed by atoms with E-state index in [-0.39, 0.29) is 0 Å². The summed E-state index contributed by atoms with van der Waals surface area (Å²) >= 11 is 0. The molecule has 13 heavy (non-hydrogen) atoms. The molecule has 1 aromatic heterocycles. The van der Waals surface area contributed by atoms with Crippen LogP contribution in [0.2, 0.25) is 0 Å². The highest BCUT2D eigenvalue weighted by atomic mass is 16.3. The number of furan rings is 1. The highest BCUT2D eigenvalue weighted by Crippen LogP contribution is 2.26. The SMILES string of the molecule is NC1CCC(Cc2ccoc2)CC1. The van der Waals surface area contributed by atoms with Gasteiger partial charge >= 0.3 is 0 Å². The fourth-order valence-electron chi connectivity index (χ4n) is 2.13. The zero-order chi connectivity index (χ0) is 9.10. The summed E-state index contributed by atoms with van der Waals surface area (Å²) in [7, 11) is 0. The maximum absolute atomic E-state index is 5.85. The van der Waals surface area contributed by atoms with E-state index in [0.717, 1.165) is 5.92 Å². The molecule has 0 unspecified atom stereocenters. The Kier molecular flexibility index (Phi) is 2.69. The standard InChI is InChI=1S/C11H17NO/c12-11-3-1-9(2-4-11)7-10-5-6-13-8-10/h5-6,8-9,11H,1-4,7,12H2. The average Bonchev–Trinajstić information content (AvgIpc) is 2.62. The van der Waals surface area contributed by atoms with Gasteiger partial charge in [0.2, 0.25) is 0 Å². The summed E-state index contributed by atoms with van der Waals surface area (Å²) < 4.78 is 5.05. The van der Waals surface area contributed by atoms with Crippen LogP contribution in [-0.4, -0.2) is 6.04 Å². The van der Waals surface area contributed by atoms with Crippen LogP contribution >= 0.6 is 0 Å². The lowest BCUT2D eigenvalue weighted by Gasteiger charge is -2.25. The molecule has 2 rings (SSSR count). The van der Waals surface area contributed by atoms with E-state index in [0.29, 0.717) is 6.04 Å². The third kappa shape index (κ3) is 2.34. The van der Waals surface area contributed by atoms with Crippen LogP contribution in [-0.2, 0) is 6.42 Å². The van der Waals surface area contributed by atoms with E-state index in [1.54, 1.807) is 6.26 Å². The molecular formula is C11H17NO. The van der Waals surface area contributed by atoms with E-state index < -0.39 is 0 Å². The third-order valence-electron chi connectivity index (χ3n) is 3.00. The molecule has 0 atom stereocenters. The van der Waals surface area contributed by atoms with Gasteiger partial charge in [-0.1, -0.05) is 0 Å². The van der Waals surface area contributed by atoms with E-state index >= 15 is 0 Å². The molecule has 2 nitrogen and oxygen atoms in total. The van der Waals surface area contributed by atoms with Gasteiger partial charge < -0.3 is 10.2 Å². The van der Waals surface area contributed by atoms with Crippen LogP contribution in [0.25, 0.3) is 0 Å². The lowest BCUT2D eigenvalue weighted by atomic mass is 9.83. The number of hydrogen-bond acceptors (Lipinski definition) is 2. The van der Waals surface area contributed by atoms with E-state index in [1.807, 2.05) is 6.26 Å². The van der Waals surface area contributed by atoms with Crippen LogP contribution in [0.4, 0.5) is 0 Å². The Bertz CT molecular complexity index is 235. The van der Waals surface area contributed by atoms with E-state index in [4.69, 9.17) is 10.2 Å². The van der Waals surface area contributed by atoms with Crippen molar-refractivity contribution in [2.24, 2.45) is 11.7 Å². The van der Waals surface area contributed by atoms with Crippen molar-refractivity contribution in [3.05, 3.63) is 24.2 Å². The van der Waals surface area contributed by atoms with Crippen molar-refractivity contribution in [1.29, 1.82) is 0 Å². The Balaban J connectivity index is 1.83. The summed E-state index contributed by atoms with van der Waals surface area (Å²) in [5.41, 5.74) is 7.19. The van der Waals surface area contributed by atoms with Crippen LogP contribution in [0.5, 0.6) is 0 Å². The van der Waals surface area contributed by atoms with Gasteiger partial charge in [-0.15, -0.1) is 0 Å². The molecule has 72 valence electrons. The van der Waals surface area contributed by atoms with Gasteiger partial charge in [0.05, 0.1) is 12.5 Å². The van der Waals surface area contributed by atoms with E-state index in [9.17, 15) is 0 Å². The second-order valence-corrected chi connectivity index (χ2v) is 4.12. The molecule has 0 aliphatic heterocycles. The topological polar surface area (TPSA) is 39.2 Å². The molecular weight excluding hydrogens is 162 g/mol. The molecule has 0 spiro atoms. The molecule has 1 saturated carbocycles. The van der Waals surface area contributed by atoms with Gasteiger partial charge in [-0.3, -0.25) is 0 Å². The molecule has 0 radical (unpaired) electrons. The summed E-state index contributed by atoms with van der Waals surface area (Å²) in [6.07, 6.45) is 9.74. The first kappa shape index (κ1) is 8.82. The number of hydrogen-bond donors (Lipinski definition) is 1. The van der Waals surface area contributed by atoms with Gasteiger partial charge in [0.1, 0.15) is 0 Å². The van der Waals surface area contributed by atoms with Crippen molar-refractivity contribution in [3.8, 4) is 0 Å². The quantitative estimate of drug-likeness (QED) is 0.756. The first-order chi connectivity index (χ1) is 6.34. The maximum Gasteiger partial charge on any atom is 0.0934 e. The van der Waals surface area contributed by atoms with Gasteiger partial charge in [0, 0.05) is 6.04 Å². The summed E-state index contributed by atoms with van der Waals surface area (Å²) in [4.78, 5) is 0. The molecule has 0 bridgehead atoms. The number of rotatable bonds is 2. The normalized spacial score (nSPS) is 29.0. The van der Waals surface area contributed by atoms with Gasteiger partial charge in [-0.05, 0) is 49.7 Å². The Hall–Kier alpha value is -0.760. The van der Waals surface area contributed by atoms with Gasteiger partial charge in [-0.2, -0.15) is 0 Å². The van der Waals surface area contributed by atoms with Crippen molar-refractivity contribution in [2.75, 3.05) is 0 Å². The van der Waals surface area contributed by atoms with Crippen LogP contribution in [0.15, 0.2) is 23.0 Å². The van der Waals surface area contributed by atoms with Crippen molar-refractivity contribution < 1.29 is 4.42 Å². The molecule has 1 aliphatic carbocycles. The fraction of sp³-hybridized carbons (Fsp3) is 0.636. The lowest BCUT2D eigenvalue weighted by molar-refractivity contribution is 0.324. The highest BCUT2D eigenvalue weighted by molar-refractivity contribution is 5.06. The predicted molar refractivity (Wildman–Crippen MR) is 52.3 cm³/mol. The van der Waals surface area contributed by atoms with Crippen molar-refractivity contribution in [2.45, 2.75) is 38.1 Å². The average molecular weight is 179 g/mol. The first-order valence-electron chi connectivity index (χ1n) is 5.11. The molecule has 2 heteroatoms. The molecule has 1 aromatic rings. The summed E-state index contributed by atoms with van der Waals surface area (Å²) in [5.74, 6) is 0.831. The van der Waals surface area contributed by atoms with Gasteiger partial charge in [-0.25, -0.2) is 0 Å². The Morgan fingerprint density at radius 3 is 2.69 bits per heavy atom. The second kappa shape index (κ2) is 3.97. The predicted octanol–water partition coefficient (Wildman–Crippen LogP) is 2.34. The van der Waals surface area contributed by atoms with Crippen LogP contribution in [0.1, 0.15) is 31.2 Å². The largest absolute Gasteiger partial charge is 0.472 e. The number of nitrogens with two attached hydrogens (primary N) is 1. The molecule has 2 N–H and O–H groups in total. The van der Waals surface area contributed by atoms with Crippen molar-refractivity contribution in [3.63, 3.8) is 0 Å². The molecule has 0 saturated heterocycles. The Morgan fingerprint density at radius 2 is 2.08 bits per heavy atom. The molecule has 1 aliphatic rings. The molecule has 1 fully saturated rings. The zero-order valence-electron chi connectivity index (χ0n) is 7.91. The van der Waals surface area contributed by atoms with Crippen molar-refractivity contribution in [1.82, 2.24) is 0 Å². The third-order valence-corrected chi connectivity index (χ3v) is 3.00. The highest BCUT2D eigenvalue weighted by Gasteiger charge is 2.18. The monoisotopic (exact) mass is 179 g/mol. The zero-order valence-corrected chi connectivity index (χ0v) is 7.91. The summed E-state index contributed by atoms with van der Waals surface area (Å²) in [6, 6.07) is 2.52. The maximum atomic E-state index is 5.85. The fourth-order valence-corrected chi connectivity index (χ4v) is 2.13. The van der Waals surface area contributed by atoms with Crippen molar-refractivity contribution >= 4 is 0 Å². The molecule has 0 aromatic carbocycles. The second-order valence-electron chi connectivity index (χ2n) is 4.12. The van der Waals surface area contributed by atoms with E-state index in [2.05, 4.69) is 6.07 Å². The minimum Gasteiger partial charge on any atom is -0.472 e. The minimum atomic E-state index is 0.459. The van der Waals surface area contributed by atoms with Crippen LogP contribution in [0.3, 0.4) is 0 Å². The molecule has 0 amide bonds. The van der Waals surface area contributed by atoms with Crippen LogP contribution in [0, 0.1) is 5.92 Å². The Labute approximate surface area is 79.1 Å².